The number of carbonyl (C=O) groups is 5. The zero-order chi connectivity index (χ0) is 25.5. The molecule has 2 unspecified atom stereocenters. The molecule has 0 spiro atoms. The average Bonchev–Trinajstić information content (AvgIpc) is 3.68. The van der Waals surface area contributed by atoms with Gasteiger partial charge in [0.15, 0.2) is 0 Å². The molecule has 1 saturated heterocycles. The Balaban J connectivity index is 1.55. The van der Waals surface area contributed by atoms with Crippen LogP contribution in [-0.2, 0) is 23.9 Å². The number of hydrogen-bond acceptors (Lipinski definition) is 6. The van der Waals surface area contributed by atoms with Crippen LogP contribution in [-0.4, -0.2) is 66.3 Å². The van der Waals surface area contributed by atoms with E-state index in [1.165, 1.54) is 7.11 Å². The first-order valence-corrected chi connectivity index (χ1v) is 12.8. The molecule has 4 aliphatic rings. The highest BCUT2D eigenvalue weighted by atomic mass is 16.5. The number of carbonyl (C=O) groups excluding carboxylic acids is 5. The third-order valence-corrected chi connectivity index (χ3v) is 8.75. The van der Waals surface area contributed by atoms with Crippen LogP contribution in [0.25, 0.3) is 0 Å². The van der Waals surface area contributed by atoms with Crippen molar-refractivity contribution in [3.05, 3.63) is 0 Å². The lowest BCUT2D eigenvalue weighted by atomic mass is 9.83. The largest absolute Gasteiger partial charge is 0.453 e. The zero-order valence-electron chi connectivity index (χ0n) is 20.9. The number of amides is 4. The van der Waals surface area contributed by atoms with Crippen LogP contribution >= 0.6 is 0 Å². The Bertz CT molecular complexity index is 894. The van der Waals surface area contributed by atoms with Gasteiger partial charge in [0.2, 0.25) is 17.6 Å². The van der Waals surface area contributed by atoms with Crippen LogP contribution in [0.1, 0.15) is 65.2 Å². The van der Waals surface area contributed by atoms with Gasteiger partial charge in [-0.3, -0.25) is 19.2 Å². The van der Waals surface area contributed by atoms with Crippen LogP contribution in [0.15, 0.2) is 0 Å². The van der Waals surface area contributed by atoms with Crippen LogP contribution in [0, 0.1) is 29.1 Å². The topological polar surface area (TPSA) is 148 Å². The summed E-state index contributed by atoms with van der Waals surface area (Å²) in [4.78, 5) is 65.1. The molecule has 10 nitrogen and oxygen atoms in total. The molecule has 10 heteroatoms. The lowest BCUT2D eigenvalue weighted by Gasteiger charge is -2.37. The highest BCUT2D eigenvalue weighted by Crippen LogP contribution is 2.65. The number of alkyl carbamates (subject to hydrolysis) is 1. The number of rotatable bonds is 9. The Morgan fingerprint density at radius 1 is 1.03 bits per heavy atom. The Morgan fingerprint density at radius 2 is 1.69 bits per heavy atom. The highest BCUT2D eigenvalue weighted by molar-refractivity contribution is 6.37. The number of methoxy groups -OCH3 is 1. The van der Waals surface area contributed by atoms with Gasteiger partial charge in [0, 0.05) is 6.54 Å². The quantitative estimate of drug-likeness (QED) is 0.413. The minimum atomic E-state index is -1.07. The van der Waals surface area contributed by atoms with Gasteiger partial charge in [0.1, 0.15) is 12.1 Å². The minimum Gasteiger partial charge on any atom is -0.453 e. The van der Waals surface area contributed by atoms with Crippen molar-refractivity contribution in [3.63, 3.8) is 0 Å². The Hall–Kier alpha value is -2.65. The van der Waals surface area contributed by atoms with E-state index in [0.717, 1.165) is 44.9 Å². The maximum absolute atomic E-state index is 13.8. The fraction of sp³-hybridized carbons (Fsp3) is 0.800. The Kier molecular flexibility index (Phi) is 7.11. The molecular formula is C25H38N4O6. The van der Waals surface area contributed by atoms with Gasteiger partial charge in [-0.15, -0.1) is 0 Å². The molecule has 5 atom stereocenters. The molecule has 4 amide bonds. The van der Waals surface area contributed by atoms with E-state index in [-0.39, 0.29) is 35.0 Å². The lowest BCUT2D eigenvalue weighted by molar-refractivity contribution is -0.144. The van der Waals surface area contributed by atoms with Crippen molar-refractivity contribution >= 4 is 29.6 Å². The molecule has 3 saturated carbocycles. The summed E-state index contributed by atoms with van der Waals surface area (Å²) in [5.74, 6) is -2.23. The molecular weight excluding hydrogens is 452 g/mol. The molecule has 4 fully saturated rings. The van der Waals surface area contributed by atoms with Gasteiger partial charge in [0.05, 0.1) is 13.2 Å². The number of fused-ring (bicyclic) bond motifs is 1. The first-order valence-electron chi connectivity index (χ1n) is 12.8. The van der Waals surface area contributed by atoms with Crippen LogP contribution in [0.4, 0.5) is 4.79 Å². The van der Waals surface area contributed by atoms with E-state index >= 15 is 0 Å². The number of hydrogen-bond donors (Lipinski definition) is 3. The fourth-order valence-electron chi connectivity index (χ4n) is 6.37. The second kappa shape index (κ2) is 9.78. The van der Waals surface area contributed by atoms with Crippen LogP contribution in [0.2, 0.25) is 0 Å². The summed E-state index contributed by atoms with van der Waals surface area (Å²) in [6, 6.07) is -2.52. The number of likely N-dealkylation sites (tertiary alicyclic amines) is 1. The second-order valence-electron chi connectivity index (χ2n) is 11.4. The number of ether oxygens (including phenoxy) is 1. The van der Waals surface area contributed by atoms with Crippen molar-refractivity contribution in [2.45, 2.75) is 83.3 Å². The average molecular weight is 491 g/mol. The number of nitrogens with one attached hydrogen (secondary N) is 2. The molecule has 3 aliphatic carbocycles. The second-order valence-corrected chi connectivity index (χ2v) is 11.4. The molecule has 0 aromatic heterocycles. The van der Waals surface area contributed by atoms with E-state index in [4.69, 9.17) is 10.5 Å². The summed E-state index contributed by atoms with van der Waals surface area (Å²) >= 11 is 0. The molecule has 194 valence electrons. The van der Waals surface area contributed by atoms with Crippen molar-refractivity contribution in [2.24, 2.45) is 34.8 Å². The van der Waals surface area contributed by atoms with Gasteiger partial charge in [0.25, 0.3) is 5.91 Å². The van der Waals surface area contributed by atoms with Crippen molar-refractivity contribution in [3.8, 4) is 0 Å². The van der Waals surface area contributed by atoms with E-state index in [1.807, 2.05) is 0 Å². The van der Waals surface area contributed by atoms with Crippen molar-refractivity contribution < 1.29 is 28.7 Å². The number of piperidine rings is 1. The number of ketones is 1. The normalized spacial score (nSPS) is 28.9. The van der Waals surface area contributed by atoms with Crippen LogP contribution in [0.3, 0.4) is 0 Å². The summed E-state index contributed by atoms with van der Waals surface area (Å²) in [6.07, 6.45) is 6.31. The maximum Gasteiger partial charge on any atom is 0.407 e. The third-order valence-electron chi connectivity index (χ3n) is 8.75. The minimum absolute atomic E-state index is 0.0250. The Morgan fingerprint density at radius 3 is 2.26 bits per heavy atom. The molecule has 1 aliphatic heterocycles. The van der Waals surface area contributed by atoms with Crippen LogP contribution in [0.5, 0.6) is 0 Å². The number of nitrogens with two attached hydrogens (primary N) is 1. The van der Waals surface area contributed by atoms with E-state index < -0.39 is 41.8 Å². The lowest BCUT2D eigenvalue weighted by Crippen LogP contribution is -2.59. The number of primary amides is 1. The van der Waals surface area contributed by atoms with Gasteiger partial charge < -0.3 is 26.0 Å². The summed E-state index contributed by atoms with van der Waals surface area (Å²) in [5, 5.41) is 5.50. The Labute approximate surface area is 206 Å². The van der Waals surface area contributed by atoms with Gasteiger partial charge in [-0.05, 0) is 48.3 Å². The molecule has 1 heterocycles. The maximum atomic E-state index is 13.8. The smallest absolute Gasteiger partial charge is 0.407 e. The predicted molar refractivity (Wildman–Crippen MR) is 126 cm³/mol. The van der Waals surface area contributed by atoms with E-state index in [0.29, 0.717) is 13.0 Å². The van der Waals surface area contributed by atoms with E-state index in [2.05, 4.69) is 24.5 Å². The fourth-order valence-corrected chi connectivity index (χ4v) is 6.37. The molecule has 4 rings (SSSR count). The predicted octanol–water partition coefficient (Wildman–Crippen LogP) is 1.11. The van der Waals surface area contributed by atoms with Crippen molar-refractivity contribution in [1.29, 1.82) is 0 Å². The standard InChI is InChI=1S/C25H38N4O6/c1-25(2)15-12-29(23(33)18(28-24(34)35-3)14-7-5-4-6-8-14)19(17(15)25)22(32)27-16(11-13-9-10-13)20(30)21(26)31/h13-19H,4-12H2,1-3H3,(H2,26,31)(H,27,32)(H,28,34)/t15-,16-,17-,18?,19?/m0/s1. The molecule has 35 heavy (non-hydrogen) atoms. The summed E-state index contributed by atoms with van der Waals surface area (Å²) in [5.41, 5.74) is 5.13. The molecule has 4 N–H and O–H groups in total. The van der Waals surface area contributed by atoms with E-state index in [9.17, 15) is 24.0 Å². The zero-order valence-corrected chi connectivity index (χ0v) is 20.9. The first kappa shape index (κ1) is 25.4. The van der Waals surface area contributed by atoms with Crippen molar-refractivity contribution in [2.75, 3.05) is 13.7 Å². The van der Waals surface area contributed by atoms with Gasteiger partial charge in [-0.2, -0.15) is 0 Å². The molecule has 0 bridgehead atoms. The van der Waals surface area contributed by atoms with Gasteiger partial charge in [-0.25, -0.2) is 4.79 Å². The van der Waals surface area contributed by atoms with Gasteiger partial charge >= 0.3 is 6.09 Å². The SMILES string of the molecule is COC(=O)NC(C(=O)N1C[C@H]2[C@@H](C1C(=O)N[C@@H](CC1CC1)C(=O)C(N)=O)C2(C)C)C1CCCCC1. The molecule has 0 aromatic rings. The number of Topliss-reactive ketones (excluding diaryl/α,β-unsaturated/α-hetero) is 1. The van der Waals surface area contributed by atoms with Crippen LogP contribution < -0.4 is 16.4 Å². The molecule has 0 aromatic carbocycles. The molecule has 0 radical (unpaired) electrons. The monoisotopic (exact) mass is 490 g/mol. The first-order chi connectivity index (χ1) is 16.6. The summed E-state index contributed by atoms with van der Waals surface area (Å²) < 4.78 is 4.78. The summed E-state index contributed by atoms with van der Waals surface area (Å²) in [6.45, 7) is 4.57. The van der Waals surface area contributed by atoms with Crippen molar-refractivity contribution in [1.82, 2.24) is 15.5 Å². The number of nitrogens with zero attached hydrogens (tertiary/aromatic N) is 1. The van der Waals surface area contributed by atoms with Gasteiger partial charge in [-0.1, -0.05) is 46.0 Å². The third kappa shape index (κ3) is 5.16. The highest BCUT2D eigenvalue weighted by Gasteiger charge is 2.69. The summed E-state index contributed by atoms with van der Waals surface area (Å²) in [7, 11) is 1.26. The van der Waals surface area contributed by atoms with E-state index in [1.54, 1.807) is 4.90 Å².